The van der Waals surface area contributed by atoms with Gasteiger partial charge in [-0.15, -0.1) is 0 Å². The topological polar surface area (TPSA) is 24.1 Å². The molecule has 0 bridgehead atoms. The van der Waals surface area contributed by atoms with Crippen LogP contribution < -0.4 is 10.6 Å². The van der Waals surface area contributed by atoms with Crippen molar-refractivity contribution < 1.29 is 0 Å². The van der Waals surface area contributed by atoms with Gasteiger partial charge >= 0.3 is 0 Å². The minimum atomic E-state index is 0.690. The van der Waals surface area contributed by atoms with Crippen LogP contribution in [0, 0.1) is 11.3 Å². The van der Waals surface area contributed by atoms with E-state index in [1.807, 2.05) is 0 Å². The Balaban J connectivity index is 1.32. The predicted molar refractivity (Wildman–Crippen MR) is 88.1 cm³/mol. The molecule has 1 aromatic rings. The molecule has 1 spiro atoms. The van der Waals surface area contributed by atoms with Gasteiger partial charge < -0.3 is 10.6 Å². The molecule has 1 aliphatic heterocycles. The quantitative estimate of drug-likeness (QED) is 0.866. The molecule has 2 atom stereocenters. The molecule has 1 heterocycles. The summed E-state index contributed by atoms with van der Waals surface area (Å²) in [6.07, 6.45) is 7.72. The lowest BCUT2D eigenvalue weighted by molar-refractivity contribution is 0.0226. The first-order valence-electron chi connectivity index (χ1n) is 8.50. The Labute approximate surface area is 128 Å². The van der Waals surface area contributed by atoms with Crippen LogP contribution in [0.5, 0.6) is 0 Å². The van der Waals surface area contributed by atoms with Crippen molar-refractivity contribution in [3.63, 3.8) is 0 Å². The predicted octanol–water partition coefficient (Wildman–Crippen LogP) is 3.21. The summed E-state index contributed by atoms with van der Waals surface area (Å²) >= 11 is 0. The summed E-state index contributed by atoms with van der Waals surface area (Å²) in [7, 11) is 0. The van der Waals surface area contributed by atoms with Crippen molar-refractivity contribution in [1.29, 1.82) is 0 Å². The molecule has 2 unspecified atom stereocenters. The van der Waals surface area contributed by atoms with Crippen LogP contribution in [0.15, 0.2) is 35.9 Å². The molecular weight excluding hydrogens is 256 g/mol. The zero-order valence-electron chi connectivity index (χ0n) is 12.9. The van der Waals surface area contributed by atoms with E-state index in [9.17, 15) is 0 Å². The Bertz CT molecular complexity index is 522. The van der Waals surface area contributed by atoms with Gasteiger partial charge in [-0.2, -0.15) is 0 Å². The Morgan fingerprint density at radius 3 is 2.67 bits per heavy atom. The lowest BCUT2D eigenvalue weighted by Gasteiger charge is -2.54. The van der Waals surface area contributed by atoms with Crippen LogP contribution in [0.2, 0.25) is 0 Å². The Morgan fingerprint density at radius 2 is 2.05 bits per heavy atom. The highest BCUT2D eigenvalue weighted by Crippen LogP contribution is 2.47. The molecule has 2 N–H and O–H groups in total. The third-order valence-corrected chi connectivity index (χ3v) is 5.64. The molecule has 2 heteroatoms. The van der Waals surface area contributed by atoms with Gasteiger partial charge in [0.15, 0.2) is 0 Å². The van der Waals surface area contributed by atoms with Crippen molar-refractivity contribution in [2.75, 3.05) is 13.1 Å². The second kappa shape index (κ2) is 5.26. The summed E-state index contributed by atoms with van der Waals surface area (Å²) in [5.74, 6) is 0.784. The molecule has 21 heavy (non-hydrogen) atoms. The molecular formula is C19H26N2. The van der Waals surface area contributed by atoms with Gasteiger partial charge in [0.2, 0.25) is 0 Å². The minimum absolute atomic E-state index is 0.690. The molecule has 2 saturated carbocycles. The number of hydrogen-bond acceptors (Lipinski definition) is 2. The van der Waals surface area contributed by atoms with Crippen molar-refractivity contribution >= 4 is 6.08 Å². The maximum Gasteiger partial charge on any atom is 0.0142 e. The summed E-state index contributed by atoms with van der Waals surface area (Å²) in [6, 6.07) is 12.3. The minimum Gasteiger partial charge on any atom is -0.316 e. The maximum atomic E-state index is 3.90. The van der Waals surface area contributed by atoms with Gasteiger partial charge in [0.1, 0.15) is 0 Å². The van der Waals surface area contributed by atoms with Crippen LogP contribution in [-0.4, -0.2) is 25.2 Å². The van der Waals surface area contributed by atoms with E-state index >= 15 is 0 Å². The van der Waals surface area contributed by atoms with Crippen LogP contribution in [0.25, 0.3) is 6.08 Å². The average molecular weight is 282 g/mol. The molecule has 4 rings (SSSR count). The molecule has 3 fully saturated rings. The molecule has 2 nitrogen and oxygen atoms in total. The highest BCUT2D eigenvalue weighted by molar-refractivity contribution is 5.54. The molecule has 2 aliphatic carbocycles. The molecule has 112 valence electrons. The van der Waals surface area contributed by atoms with E-state index in [0.717, 1.165) is 18.0 Å². The lowest BCUT2D eigenvalue weighted by Crippen LogP contribution is -2.64. The molecule has 0 aromatic heterocycles. The molecule has 0 radical (unpaired) electrons. The largest absolute Gasteiger partial charge is 0.316 e. The Morgan fingerprint density at radius 1 is 1.29 bits per heavy atom. The van der Waals surface area contributed by atoms with Gasteiger partial charge in [0, 0.05) is 25.2 Å². The van der Waals surface area contributed by atoms with Gasteiger partial charge in [-0.3, -0.25) is 0 Å². The second-order valence-corrected chi connectivity index (χ2v) is 7.31. The van der Waals surface area contributed by atoms with Crippen LogP contribution in [0.1, 0.15) is 38.2 Å². The zero-order chi connectivity index (χ0) is 14.3. The summed E-state index contributed by atoms with van der Waals surface area (Å²) in [6.45, 7) is 4.81. The van der Waals surface area contributed by atoms with Crippen LogP contribution in [0.4, 0.5) is 0 Å². The summed E-state index contributed by atoms with van der Waals surface area (Å²) in [5, 5.41) is 7.32. The molecule has 3 aliphatic rings. The van der Waals surface area contributed by atoms with Crippen molar-refractivity contribution in [3.05, 3.63) is 41.5 Å². The summed E-state index contributed by atoms with van der Waals surface area (Å²) in [5.41, 5.74) is 3.66. The number of benzene rings is 1. The number of rotatable bonds is 5. The molecule has 1 aromatic carbocycles. The molecule has 0 amide bonds. The monoisotopic (exact) mass is 282 g/mol. The zero-order valence-corrected chi connectivity index (χ0v) is 12.9. The fourth-order valence-corrected chi connectivity index (χ4v) is 4.20. The fraction of sp³-hybridized carbons (Fsp3) is 0.579. The normalized spacial score (nSPS) is 30.8. The Hall–Kier alpha value is -1.12. The van der Waals surface area contributed by atoms with Crippen molar-refractivity contribution in [1.82, 2.24) is 10.6 Å². The highest BCUT2D eigenvalue weighted by atomic mass is 15.1. The third-order valence-electron chi connectivity index (χ3n) is 5.64. The van der Waals surface area contributed by atoms with E-state index in [2.05, 4.69) is 54.0 Å². The van der Waals surface area contributed by atoms with E-state index < -0.39 is 0 Å². The smallest absolute Gasteiger partial charge is 0.0142 e. The van der Waals surface area contributed by atoms with Crippen LogP contribution in [-0.2, 0) is 0 Å². The van der Waals surface area contributed by atoms with Gasteiger partial charge in [0.25, 0.3) is 0 Å². The summed E-state index contributed by atoms with van der Waals surface area (Å²) in [4.78, 5) is 0. The van der Waals surface area contributed by atoms with E-state index in [0.29, 0.717) is 5.41 Å². The number of hydrogen-bond donors (Lipinski definition) is 2. The first-order valence-corrected chi connectivity index (χ1v) is 8.50. The third kappa shape index (κ3) is 2.67. The lowest BCUT2D eigenvalue weighted by atomic mass is 9.61. The van der Waals surface area contributed by atoms with Crippen molar-refractivity contribution in [2.45, 2.75) is 44.7 Å². The average Bonchev–Trinajstić information content (AvgIpc) is 3.18. The fourth-order valence-electron chi connectivity index (χ4n) is 4.20. The van der Waals surface area contributed by atoms with Crippen LogP contribution in [0.3, 0.4) is 0 Å². The van der Waals surface area contributed by atoms with Crippen molar-refractivity contribution in [2.24, 2.45) is 11.3 Å². The van der Waals surface area contributed by atoms with E-state index in [-0.39, 0.29) is 0 Å². The van der Waals surface area contributed by atoms with E-state index in [4.69, 9.17) is 0 Å². The van der Waals surface area contributed by atoms with Gasteiger partial charge in [0.05, 0.1) is 0 Å². The first-order chi connectivity index (χ1) is 10.3. The maximum absolute atomic E-state index is 3.90. The SMILES string of the molecule is CC/C(=C\c1ccccc1)C1CC1NC1CC2(CNC2)C1. The first kappa shape index (κ1) is 13.5. The van der Waals surface area contributed by atoms with Gasteiger partial charge in [-0.25, -0.2) is 0 Å². The van der Waals surface area contributed by atoms with Gasteiger partial charge in [-0.1, -0.05) is 48.9 Å². The summed E-state index contributed by atoms with van der Waals surface area (Å²) < 4.78 is 0. The van der Waals surface area contributed by atoms with E-state index in [1.165, 1.54) is 44.3 Å². The number of nitrogens with one attached hydrogen (secondary N) is 2. The standard InChI is InChI=1S/C19H26N2/c1-2-15(8-14-6-4-3-5-7-14)17-9-18(17)21-16-10-19(11-16)12-20-13-19/h3-8,16-18,20-21H,2,9-13H2,1H3/b15-8+. The van der Waals surface area contributed by atoms with Crippen molar-refractivity contribution in [3.8, 4) is 0 Å². The highest BCUT2D eigenvalue weighted by Gasteiger charge is 2.50. The second-order valence-electron chi connectivity index (χ2n) is 7.31. The van der Waals surface area contributed by atoms with Gasteiger partial charge in [-0.05, 0) is 42.6 Å². The van der Waals surface area contributed by atoms with Crippen LogP contribution >= 0.6 is 0 Å². The molecule has 1 saturated heterocycles. The Kier molecular flexibility index (Phi) is 3.39. The van der Waals surface area contributed by atoms with E-state index in [1.54, 1.807) is 5.57 Å².